The van der Waals surface area contributed by atoms with E-state index in [1.165, 1.54) is 24.3 Å². The molecule has 3 amide bonds. The van der Waals surface area contributed by atoms with E-state index in [1.54, 1.807) is 17.0 Å². The number of amides is 3. The molecule has 0 saturated heterocycles. The number of anilines is 3. The van der Waals surface area contributed by atoms with Crippen molar-refractivity contribution in [2.75, 3.05) is 15.5 Å². The molecule has 4 aromatic rings. The number of H-pyrrole nitrogens is 1. The van der Waals surface area contributed by atoms with Gasteiger partial charge in [-0.2, -0.15) is 0 Å². The van der Waals surface area contributed by atoms with E-state index in [0.717, 1.165) is 35.8 Å². The number of hydrogen-bond acceptors (Lipinski definition) is 3. The predicted octanol–water partition coefficient (Wildman–Crippen LogP) is 5.14. The summed E-state index contributed by atoms with van der Waals surface area (Å²) in [6.07, 6.45) is 4.63. The van der Waals surface area contributed by atoms with E-state index in [9.17, 15) is 14.0 Å². The number of fused-ring (bicyclic) bond motifs is 1. The van der Waals surface area contributed by atoms with Crippen LogP contribution in [0.5, 0.6) is 0 Å². The molecular weight excluding hydrogens is 409 g/mol. The molecule has 0 atom stereocenters. The molecule has 1 fully saturated rings. The maximum absolute atomic E-state index is 13.0. The highest BCUT2D eigenvalue weighted by atomic mass is 19.1. The average Bonchev–Trinajstić information content (AvgIpc) is 3.51. The van der Waals surface area contributed by atoms with E-state index >= 15 is 0 Å². The number of halogens is 1. The minimum atomic E-state index is -0.422. The Morgan fingerprint density at radius 1 is 1.03 bits per heavy atom. The zero-order valence-corrected chi connectivity index (χ0v) is 17.0. The number of nitrogens with zero attached hydrogens (tertiary/aromatic N) is 2. The SMILES string of the molecule is O=CN(c1cc(-c2ccc(NC(=O)Nc3ccc(F)cc3)cc2)c2cc[nH]c2n1)C1CC1. The highest BCUT2D eigenvalue weighted by molar-refractivity contribution is 6.00. The Bertz CT molecular complexity index is 1280. The van der Waals surface area contributed by atoms with Crippen molar-refractivity contribution in [3.8, 4) is 11.1 Å². The van der Waals surface area contributed by atoms with E-state index in [0.29, 0.717) is 22.8 Å². The summed E-state index contributed by atoms with van der Waals surface area (Å²) in [6, 6.07) is 16.6. The Labute approximate surface area is 183 Å². The number of aromatic nitrogens is 2. The third-order valence-electron chi connectivity index (χ3n) is 5.39. The Kier molecular flexibility index (Phi) is 5.03. The lowest BCUT2D eigenvalue weighted by atomic mass is 10.0. The number of aromatic amines is 1. The summed E-state index contributed by atoms with van der Waals surface area (Å²) in [5.41, 5.74) is 3.70. The molecule has 0 bridgehead atoms. The molecule has 1 aliphatic carbocycles. The summed E-state index contributed by atoms with van der Waals surface area (Å²) in [5.74, 6) is 0.254. The molecule has 5 rings (SSSR count). The maximum atomic E-state index is 13.0. The second-order valence-electron chi connectivity index (χ2n) is 7.68. The standard InChI is InChI=1S/C24H20FN5O2/c25-16-3-7-18(8-4-16)28-24(32)27-17-5-1-15(2-6-17)21-13-22(30(14-31)19-9-10-19)29-23-20(21)11-12-26-23/h1-8,11-14,19H,9-10H2,(H,26,29)(H2,27,28,32). The van der Waals surface area contributed by atoms with Gasteiger partial charge in [0.2, 0.25) is 6.41 Å². The number of benzene rings is 2. The van der Waals surface area contributed by atoms with Gasteiger partial charge < -0.3 is 15.6 Å². The van der Waals surface area contributed by atoms with Crippen LogP contribution in [0.3, 0.4) is 0 Å². The van der Waals surface area contributed by atoms with Crippen molar-refractivity contribution in [1.29, 1.82) is 0 Å². The van der Waals surface area contributed by atoms with Gasteiger partial charge in [0.25, 0.3) is 0 Å². The van der Waals surface area contributed by atoms with Crippen LogP contribution in [0.4, 0.5) is 26.4 Å². The molecule has 8 heteroatoms. The van der Waals surface area contributed by atoms with Crippen LogP contribution in [-0.2, 0) is 4.79 Å². The van der Waals surface area contributed by atoms with Gasteiger partial charge in [0, 0.05) is 29.0 Å². The molecule has 32 heavy (non-hydrogen) atoms. The predicted molar refractivity (Wildman–Crippen MR) is 122 cm³/mol. The van der Waals surface area contributed by atoms with Crippen molar-refractivity contribution in [1.82, 2.24) is 9.97 Å². The van der Waals surface area contributed by atoms with Crippen molar-refractivity contribution in [2.45, 2.75) is 18.9 Å². The Balaban J connectivity index is 1.37. The normalized spacial score (nSPS) is 13.0. The number of carbonyl (C=O) groups excluding carboxylic acids is 2. The van der Waals surface area contributed by atoms with E-state index in [4.69, 9.17) is 0 Å². The molecule has 0 spiro atoms. The van der Waals surface area contributed by atoms with Crippen LogP contribution in [0.1, 0.15) is 12.8 Å². The zero-order chi connectivity index (χ0) is 22.1. The fraction of sp³-hybridized carbons (Fsp3) is 0.125. The minimum absolute atomic E-state index is 0.214. The molecule has 7 nitrogen and oxygen atoms in total. The number of pyridine rings is 1. The lowest BCUT2D eigenvalue weighted by Crippen LogP contribution is -2.24. The van der Waals surface area contributed by atoms with Crippen LogP contribution in [0.2, 0.25) is 0 Å². The molecule has 2 heterocycles. The van der Waals surface area contributed by atoms with Gasteiger partial charge in [-0.3, -0.25) is 9.69 Å². The number of nitrogens with one attached hydrogen (secondary N) is 3. The topological polar surface area (TPSA) is 90.1 Å². The molecule has 1 saturated carbocycles. The third kappa shape index (κ3) is 4.02. The summed E-state index contributed by atoms with van der Waals surface area (Å²) >= 11 is 0. The molecule has 0 unspecified atom stereocenters. The first kappa shape index (κ1) is 19.7. The lowest BCUT2D eigenvalue weighted by Gasteiger charge is -2.17. The molecular formula is C24H20FN5O2. The second kappa shape index (κ2) is 8.14. The first-order valence-corrected chi connectivity index (χ1v) is 10.3. The quantitative estimate of drug-likeness (QED) is 0.371. The van der Waals surface area contributed by atoms with Gasteiger partial charge in [-0.1, -0.05) is 12.1 Å². The summed E-state index contributed by atoms with van der Waals surface area (Å²) in [5, 5.41) is 6.37. The minimum Gasteiger partial charge on any atom is -0.346 e. The van der Waals surface area contributed by atoms with Gasteiger partial charge in [-0.15, -0.1) is 0 Å². The fourth-order valence-corrected chi connectivity index (χ4v) is 3.63. The van der Waals surface area contributed by atoms with Crippen molar-refractivity contribution in [3.63, 3.8) is 0 Å². The van der Waals surface area contributed by atoms with Gasteiger partial charge in [0.1, 0.15) is 17.3 Å². The van der Waals surface area contributed by atoms with Gasteiger partial charge >= 0.3 is 6.03 Å². The molecule has 0 aliphatic heterocycles. The summed E-state index contributed by atoms with van der Waals surface area (Å²) in [6.45, 7) is 0. The van der Waals surface area contributed by atoms with Gasteiger partial charge in [-0.05, 0) is 72.5 Å². The molecule has 0 radical (unpaired) electrons. The first-order chi connectivity index (χ1) is 15.6. The number of carbonyl (C=O) groups is 2. The zero-order valence-electron chi connectivity index (χ0n) is 17.0. The number of urea groups is 1. The van der Waals surface area contributed by atoms with Crippen molar-refractivity contribution < 1.29 is 14.0 Å². The van der Waals surface area contributed by atoms with Crippen molar-refractivity contribution >= 4 is 40.7 Å². The molecule has 1 aliphatic rings. The monoisotopic (exact) mass is 429 g/mol. The number of rotatable bonds is 6. The van der Waals surface area contributed by atoms with Crippen molar-refractivity contribution in [2.24, 2.45) is 0 Å². The van der Waals surface area contributed by atoms with Crippen LogP contribution < -0.4 is 15.5 Å². The smallest absolute Gasteiger partial charge is 0.323 e. The van der Waals surface area contributed by atoms with Gasteiger partial charge in [-0.25, -0.2) is 14.2 Å². The number of hydrogen-bond donors (Lipinski definition) is 3. The van der Waals surface area contributed by atoms with Crippen LogP contribution in [0.25, 0.3) is 22.2 Å². The lowest BCUT2D eigenvalue weighted by molar-refractivity contribution is -0.107. The molecule has 2 aromatic carbocycles. The fourth-order valence-electron chi connectivity index (χ4n) is 3.63. The van der Waals surface area contributed by atoms with E-state index < -0.39 is 6.03 Å². The summed E-state index contributed by atoms with van der Waals surface area (Å²) in [7, 11) is 0. The first-order valence-electron chi connectivity index (χ1n) is 10.3. The van der Waals surface area contributed by atoms with E-state index in [-0.39, 0.29) is 11.9 Å². The third-order valence-corrected chi connectivity index (χ3v) is 5.39. The largest absolute Gasteiger partial charge is 0.346 e. The van der Waals surface area contributed by atoms with E-state index in [2.05, 4.69) is 20.6 Å². The van der Waals surface area contributed by atoms with Crippen LogP contribution in [0.15, 0.2) is 66.9 Å². The highest BCUT2D eigenvalue weighted by Crippen LogP contribution is 2.35. The molecule has 2 aromatic heterocycles. The summed E-state index contributed by atoms with van der Waals surface area (Å²) < 4.78 is 13.0. The van der Waals surface area contributed by atoms with Crippen LogP contribution in [-0.4, -0.2) is 28.5 Å². The highest BCUT2D eigenvalue weighted by Gasteiger charge is 2.30. The molecule has 160 valence electrons. The van der Waals surface area contributed by atoms with Gasteiger partial charge in [0.15, 0.2) is 0 Å². The second-order valence-corrected chi connectivity index (χ2v) is 7.68. The summed E-state index contributed by atoms with van der Waals surface area (Å²) in [4.78, 5) is 33.2. The molecule has 3 N–H and O–H groups in total. The Morgan fingerprint density at radius 2 is 1.69 bits per heavy atom. The Morgan fingerprint density at radius 3 is 2.31 bits per heavy atom. The average molecular weight is 429 g/mol. The van der Waals surface area contributed by atoms with Crippen LogP contribution in [0, 0.1) is 5.82 Å². The maximum Gasteiger partial charge on any atom is 0.323 e. The van der Waals surface area contributed by atoms with Gasteiger partial charge in [0.05, 0.1) is 0 Å². The van der Waals surface area contributed by atoms with Crippen molar-refractivity contribution in [3.05, 3.63) is 72.7 Å². The van der Waals surface area contributed by atoms with Crippen LogP contribution >= 0.6 is 0 Å². The van der Waals surface area contributed by atoms with E-state index in [1.807, 2.05) is 30.5 Å². The Hall–Kier alpha value is -4.20.